The number of carbonyl (C=O) groups is 1. The Morgan fingerprint density at radius 2 is 2.19 bits per heavy atom. The molecule has 21 heavy (non-hydrogen) atoms. The van der Waals surface area contributed by atoms with Gasteiger partial charge in [-0.05, 0) is 56.3 Å². The highest BCUT2D eigenvalue weighted by Gasteiger charge is 2.50. The highest BCUT2D eigenvalue weighted by Crippen LogP contribution is 2.40. The largest absolute Gasteiger partial charge is 0.372 e. The van der Waals surface area contributed by atoms with Gasteiger partial charge in [0.05, 0.1) is 0 Å². The van der Waals surface area contributed by atoms with Gasteiger partial charge in [0.1, 0.15) is 5.54 Å². The molecule has 0 spiro atoms. The summed E-state index contributed by atoms with van der Waals surface area (Å²) in [4.78, 5) is 14.3. The van der Waals surface area contributed by atoms with Crippen molar-refractivity contribution in [1.82, 2.24) is 5.32 Å². The molecule has 1 aromatic rings. The maximum atomic E-state index is 12.2. The van der Waals surface area contributed by atoms with E-state index in [4.69, 9.17) is 5.73 Å². The van der Waals surface area contributed by atoms with Crippen molar-refractivity contribution in [3.63, 3.8) is 0 Å². The second-order valence-electron chi connectivity index (χ2n) is 6.23. The van der Waals surface area contributed by atoms with E-state index in [2.05, 4.69) is 42.3 Å². The molecule has 2 rings (SSSR count). The second kappa shape index (κ2) is 6.48. The summed E-state index contributed by atoms with van der Waals surface area (Å²) in [5, 5.41) is 3.44. The molecule has 0 bridgehead atoms. The molecular formula is C17H27N3O. The normalized spacial score (nSPS) is 17.3. The van der Waals surface area contributed by atoms with Crippen LogP contribution in [0.4, 0.5) is 5.69 Å². The summed E-state index contributed by atoms with van der Waals surface area (Å²) in [6, 6.07) is 8.34. The molecule has 0 heterocycles. The van der Waals surface area contributed by atoms with Crippen LogP contribution in [0.1, 0.15) is 31.7 Å². The number of nitrogens with one attached hydrogen (secondary N) is 1. The van der Waals surface area contributed by atoms with Crippen molar-refractivity contribution in [2.45, 2.75) is 38.6 Å². The number of nitrogens with two attached hydrogens (primary N) is 1. The molecule has 4 heteroatoms. The van der Waals surface area contributed by atoms with Crippen LogP contribution in [0.15, 0.2) is 24.3 Å². The Morgan fingerprint density at radius 3 is 2.71 bits per heavy atom. The summed E-state index contributed by atoms with van der Waals surface area (Å²) in [6.45, 7) is 5.63. The first-order valence-electron chi connectivity index (χ1n) is 7.82. The van der Waals surface area contributed by atoms with Gasteiger partial charge in [0.15, 0.2) is 0 Å². The van der Waals surface area contributed by atoms with Gasteiger partial charge in [-0.3, -0.25) is 4.79 Å². The van der Waals surface area contributed by atoms with Gasteiger partial charge in [0, 0.05) is 19.3 Å². The molecule has 1 aliphatic carbocycles. The van der Waals surface area contributed by atoms with E-state index in [1.165, 1.54) is 5.56 Å². The number of hydrogen-bond donors (Lipinski definition) is 2. The average molecular weight is 289 g/mol. The van der Waals surface area contributed by atoms with Crippen LogP contribution in [0.3, 0.4) is 0 Å². The molecule has 116 valence electrons. The van der Waals surface area contributed by atoms with Gasteiger partial charge in [-0.1, -0.05) is 19.1 Å². The molecule has 3 N–H and O–H groups in total. The van der Waals surface area contributed by atoms with Gasteiger partial charge in [-0.15, -0.1) is 0 Å². The van der Waals surface area contributed by atoms with Crippen LogP contribution in [-0.2, 0) is 4.79 Å². The zero-order valence-corrected chi connectivity index (χ0v) is 13.4. The molecular weight excluding hydrogens is 262 g/mol. The number of primary amides is 1. The standard InChI is InChI=1S/C17H27N3O/c1-4-10-19-17(16(18)21,14-8-9-14)12-20(3)15-7-5-6-13(2)11-15/h5-7,11,14,19H,4,8-10,12H2,1-3H3,(H2,18,21). The van der Waals surface area contributed by atoms with E-state index < -0.39 is 5.54 Å². The molecule has 1 atom stereocenters. The summed E-state index contributed by atoms with van der Waals surface area (Å²) in [7, 11) is 2.03. The lowest BCUT2D eigenvalue weighted by atomic mass is 9.91. The van der Waals surface area contributed by atoms with Crippen molar-refractivity contribution in [3.8, 4) is 0 Å². The van der Waals surface area contributed by atoms with E-state index in [1.807, 2.05) is 13.1 Å². The summed E-state index contributed by atoms with van der Waals surface area (Å²) in [6.07, 6.45) is 3.17. The van der Waals surface area contributed by atoms with Gasteiger partial charge in [-0.2, -0.15) is 0 Å². The van der Waals surface area contributed by atoms with E-state index >= 15 is 0 Å². The minimum Gasteiger partial charge on any atom is -0.372 e. The maximum Gasteiger partial charge on any atom is 0.239 e. The van der Waals surface area contributed by atoms with Gasteiger partial charge < -0.3 is 16.0 Å². The number of anilines is 1. The molecule has 4 nitrogen and oxygen atoms in total. The Hall–Kier alpha value is -1.55. The second-order valence-corrected chi connectivity index (χ2v) is 6.23. The Balaban J connectivity index is 2.19. The van der Waals surface area contributed by atoms with E-state index in [1.54, 1.807) is 0 Å². The SMILES string of the molecule is CCCNC(CN(C)c1cccc(C)c1)(C(N)=O)C1CC1. The van der Waals surface area contributed by atoms with Gasteiger partial charge in [-0.25, -0.2) is 0 Å². The molecule has 1 aliphatic rings. The minimum absolute atomic E-state index is 0.224. The average Bonchev–Trinajstić information content (AvgIpc) is 3.27. The Bertz CT molecular complexity index is 499. The third-order valence-corrected chi connectivity index (χ3v) is 4.33. The Labute approximate surface area is 127 Å². The van der Waals surface area contributed by atoms with Crippen LogP contribution >= 0.6 is 0 Å². The van der Waals surface area contributed by atoms with E-state index in [0.717, 1.165) is 31.5 Å². The summed E-state index contributed by atoms with van der Waals surface area (Å²) < 4.78 is 0. The van der Waals surface area contributed by atoms with E-state index in [0.29, 0.717) is 12.5 Å². The number of hydrogen-bond acceptors (Lipinski definition) is 3. The number of nitrogens with zero attached hydrogens (tertiary/aromatic N) is 1. The number of amides is 1. The highest BCUT2D eigenvalue weighted by molar-refractivity contribution is 5.86. The predicted octanol–water partition coefficient (Wildman–Crippen LogP) is 2.06. The molecule has 1 unspecified atom stereocenters. The molecule has 1 saturated carbocycles. The summed E-state index contributed by atoms with van der Waals surface area (Å²) in [5.41, 5.74) is 7.52. The van der Waals surface area contributed by atoms with Gasteiger partial charge in [0.2, 0.25) is 5.91 Å². The van der Waals surface area contributed by atoms with E-state index in [-0.39, 0.29) is 5.91 Å². The molecule has 0 aliphatic heterocycles. The van der Waals surface area contributed by atoms with Crippen molar-refractivity contribution in [1.29, 1.82) is 0 Å². The van der Waals surface area contributed by atoms with Crippen LogP contribution in [0.2, 0.25) is 0 Å². The lowest BCUT2D eigenvalue weighted by Crippen LogP contribution is -2.63. The van der Waals surface area contributed by atoms with Gasteiger partial charge in [0.25, 0.3) is 0 Å². The number of likely N-dealkylation sites (N-methyl/N-ethyl adjacent to an activating group) is 1. The number of carbonyl (C=O) groups excluding carboxylic acids is 1. The van der Waals surface area contributed by atoms with Gasteiger partial charge >= 0.3 is 0 Å². The topological polar surface area (TPSA) is 58.4 Å². The Kier molecular flexibility index (Phi) is 4.88. The molecule has 0 saturated heterocycles. The van der Waals surface area contributed by atoms with Crippen molar-refractivity contribution in [2.75, 3.05) is 25.0 Å². The van der Waals surface area contributed by atoms with Crippen molar-refractivity contribution in [3.05, 3.63) is 29.8 Å². The summed E-state index contributed by atoms with van der Waals surface area (Å²) >= 11 is 0. The predicted molar refractivity (Wildman–Crippen MR) is 87.4 cm³/mol. The lowest BCUT2D eigenvalue weighted by molar-refractivity contribution is -0.125. The molecule has 1 aromatic carbocycles. The highest BCUT2D eigenvalue weighted by atomic mass is 16.1. The van der Waals surface area contributed by atoms with Crippen molar-refractivity contribution >= 4 is 11.6 Å². The van der Waals surface area contributed by atoms with Crippen molar-refractivity contribution in [2.24, 2.45) is 11.7 Å². The smallest absolute Gasteiger partial charge is 0.239 e. The van der Waals surface area contributed by atoms with Crippen LogP contribution in [0.25, 0.3) is 0 Å². The fraction of sp³-hybridized carbons (Fsp3) is 0.588. The van der Waals surface area contributed by atoms with Crippen LogP contribution < -0.4 is 16.0 Å². The first-order valence-corrected chi connectivity index (χ1v) is 7.82. The minimum atomic E-state index is -0.603. The lowest BCUT2D eigenvalue weighted by Gasteiger charge is -2.36. The number of benzene rings is 1. The third-order valence-electron chi connectivity index (χ3n) is 4.33. The van der Waals surface area contributed by atoms with E-state index in [9.17, 15) is 4.79 Å². The quantitative estimate of drug-likeness (QED) is 0.770. The van der Waals surface area contributed by atoms with Crippen LogP contribution in [-0.4, -0.2) is 31.6 Å². The maximum absolute atomic E-state index is 12.2. The molecule has 0 aromatic heterocycles. The zero-order chi connectivity index (χ0) is 15.5. The first-order chi connectivity index (χ1) is 9.99. The fourth-order valence-electron chi connectivity index (χ4n) is 2.95. The zero-order valence-electron chi connectivity index (χ0n) is 13.4. The molecule has 1 fully saturated rings. The number of rotatable bonds is 8. The fourth-order valence-corrected chi connectivity index (χ4v) is 2.95. The Morgan fingerprint density at radius 1 is 1.48 bits per heavy atom. The summed E-state index contributed by atoms with van der Waals surface area (Å²) in [5.74, 6) is 0.145. The monoisotopic (exact) mass is 289 g/mol. The van der Waals surface area contributed by atoms with Crippen LogP contribution in [0.5, 0.6) is 0 Å². The van der Waals surface area contributed by atoms with Crippen LogP contribution in [0, 0.1) is 12.8 Å². The molecule has 1 amide bonds. The number of aryl methyl sites for hydroxylation is 1. The molecule has 0 radical (unpaired) electrons. The first kappa shape index (κ1) is 15.8. The van der Waals surface area contributed by atoms with Crippen molar-refractivity contribution < 1.29 is 4.79 Å². The third kappa shape index (κ3) is 3.56.